The molecule has 0 spiro atoms. The lowest BCUT2D eigenvalue weighted by molar-refractivity contribution is -0.159. The zero-order valence-electron chi connectivity index (χ0n) is 11.5. The minimum absolute atomic E-state index is 0.00567. The van der Waals surface area contributed by atoms with Crippen LogP contribution in [-0.4, -0.2) is 48.7 Å². The van der Waals surface area contributed by atoms with E-state index in [1.807, 2.05) is 17.5 Å². The Morgan fingerprint density at radius 2 is 2.35 bits per heavy atom. The standard InChI is InChI=1S/C14H19NO4S/c1-19-10-14(13(17)18)5-3-6-15(9-14)12(16)8-11-4-2-7-20-11/h2,4,7H,3,5-6,8-10H2,1H3,(H,17,18). The Morgan fingerprint density at radius 1 is 1.55 bits per heavy atom. The van der Waals surface area contributed by atoms with Crippen LogP contribution in [0.2, 0.25) is 0 Å². The van der Waals surface area contributed by atoms with E-state index in [9.17, 15) is 14.7 Å². The fourth-order valence-corrected chi connectivity index (χ4v) is 3.34. The van der Waals surface area contributed by atoms with Crippen molar-refractivity contribution in [3.63, 3.8) is 0 Å². The molecule has 1 aliphatic rings. The van der Waals surface area contributed by atoms with Crippen LogP contribution >= 0.6 is 11.3 Å². The van der Waals surface area contributed by atoms with Crippen molar-refractivity contribution in [3.8, 4) is 0 Å². The highest BCUT2D eigenvalue weighted by atomic mass is 32.1. The Labute approximate surface area is 122 Å². The van der Waals surface area contributed by atoms with E-state index in [0.717, 1.165) is 4.88 Å². The van der Waals surface area contributed by atoms with Crippen molar-refractivity contribution in [2.75, 3.05) is 26.8 Å². The van der Waals surface area contributed by atoms with E-state index in [0.29, 0.717) is 25.8 Å². The Balaban J connectivity index is 2.05. The van der Waals surface area contributed by atoms with Crippen LogP contribution in [0.15, 0.2) is 17.5 Å². The highest BCUT2D eigenvalue weighted by Crippen LogP contribution is 2.31. The lowest BCUT2D eigenvalue weighted by atomic mass is 9.80. The molecule has 1 aromatic rings. The predicted molar refractivity (Wildman–Crippen MR) is 75.8 cm³/mol. The molecule has 5 nitrogen and oxygen atoms in total. The Morgan fingerprint density at radius 3 is 2.95 bits per heavy atom. The highest BCUT2D eigenvalue weighted by molar-refractivity contribution is 7.10. The van der Waals surface area contributed by atoms with Crippen LogP contribution in [0.1, 0.15) is 17.7 Å². The van der Waals surface area contributed by atoms with Gasteiger partial charge in [0.25, 0.3) is 0 Å². The third-order valence-electron chi connectivity index (χ3n) is 3.71. The number of ether oxygens (including phenoxy) is 1. The van der Waals surface area contributed by atoms with Crippen LogP contribution in [0.5, 0.6) is 0 Å². The second-order valence-electron chi connectivity index (χ2n) is 5.19. The molecule has 0 bridgehead atoms. The third kappa shape index (κ3) is 3.19. The maximum Gasteiger partial charge on any atom is 0.313 e. The molecule has 20 heavy (non-hydrogen) atoms. The average Bonchev–Trinajstić information content (AvgIpc) is 2.92. The van der Waals surface area contributed by atoms with E-state index >= 15 is 0 Å². The summed E-state index contributed by atoms with van der Waals surface area (Å²) < 4.78 is 5.06. The van der Waals surface area contributed by atoms with Crippen molar-refractivity contribution in [1.29, 1.82) is 0 Å². The molecule has 0 radical (unpaired) electrons. The molecule has 1 N–H and O–H groups in total. The van der Waals surface area contributed by atoms with Crippen LogP contribution in [0.3, 0.4) is 0 Å². The second kappa shape index (κ2) is 6.37. The zero-order chi connectivity index (χ0) is 14.6. The maximum absolute atomic E-state index is 12.3. The molecule has 1 saturated heterocycles. The second-order valence-corrected chi connectivity index (χ2v) is 6.23. The minimum Gasteiger partial charge on any atom is -0.481 e. The van der Waals surface area contributed by atoms with Crippen LogP contribution in [0, 0.1) is 5.41 Å². The first-order valence-corrected chi connectivity index (χ1v) is 7.48. The summed E-state index contributed by atoms with van der Waals surface area (Å²) in [6, 6.07) is 3.84. The summed E-state index contributed by atoms with van der Waals surface area (Å²) in [4.78, 5) is 26.5. The number of rotatable bonds is 5. The quantitative estimate of drug-likeness (QED) is 0.897. The molecule has 0 saturated carbocycles. The predicted octanol–water partition coefficient (Wildman–Crippen LogP) is 1.63. The first-order valence-electron chi connectivity index (χ1n) is 6.60. The minimum atomic E-state index is -0.960. The molecule has 1 unspecified atom stereocenters. The molecule has 1 aromatic heterocycles. The summed E-state index contributed by atoms with van der Waals surface area (Å²) in [6.45, 7) is 1.01. The number of piperidine rings is 1. The van der Waals surface area contributed by atoms with Gasteiger partial charge in [-0.3, -0.25) is 9.59 Å². The van der Waals surface area contributed by atoms with Crippen LogP contribution in [-0.2, 0) is 20.7 Å². The van der Waals surface area contributed by atoms with Crippen LogP contribution < -0.4 is 0 Å². The van der Waals surface area contributed by atoms with Gasteiger partial charge in [-0.25, -0.2) is 0 Å². The van der Waals surface area contributed by atoms with Crippen LogP contribution in [0.4, 0.5) is 0 Å². The monoisotopic (exact) mass is 297 g/mol. The van der Waals surface area contributed by atoms with Crippen LogP contribution in [0.25, 0.3) is 0 Å². The van der Waals surface area contributed by atoms with Crippen molar-refractivity contribution in [2.24, 2.45) is 5.41 Å². The molecule has 0 aromatic carbocycles. The summed E-state index contributed by atoms with van der Waals surface area (Å²) in [6.07, 6.45) is 1.60. The number of nitrogens with zero attached hydrogens (tertiary/aromatic N) is 1. The number of methoxy groups -OCH3 is 1. The first kappa shape index (κ1) is 15.0. The van der Waals surface area contributed by atoms with Gasteiger partial charge in [0.15, 0.2) is 0 Å². The first-order chi connectivity index (χ1) is 9.57. The van der Waals surface area contributed by atoms with E-state index in [2.05, 4.69) is 0 Å². The smallest absolute Gasteiger partial charge is 0.313 e. The van der Waals surface area contributed by atoms with Gasteiger partial charge in [-0.05, 0) is 24.3 Å². The van der Waals surface area contributed by atoms with Gasteiger partial charge < -0.3 is 14.7 Å². The SMILES string of the molecule is COCC1(C(=O)O)CCCN(C(=O)Cc2cccs2)C1. The Kier molecular flexibility index (Phi) is 4.77. The van der Waals surface area contributed by atoms with Gasteiger partial charge in [-0.1, -0.05) is 6.07 Å². The van der Waals surface area contributed by atoms with E-state index in [4.69, 9.17) is 4.74 Å². The van der Waals surface area contributed by atoms with Gasteiger partial charge in [0.2, 0.25) is 5.91 Å². The molecule has 1 amide bonds. The number of carboxylic acid groups (broad SMARTS) is 1. The lowest BCUT2D eigenvalue weighted by Gasteiger charge is -2.39. The van der Waals surface area contributed by atoms with E-state index in [1.54, 1.807) is 16.2 Å². The van der Waals surface area contributed by atoms with E-state index in [-0.39, 0.29) is 19.1 Å². The maximum atomic E-state index is 12.3. The molecular weight excluding hydrogens is 278 g/mol. The number of aliphatic carboxylic acids is 1. The normalized spacial score (nSPS) is 22.8. The Bertz CT molecular complexity index is 470. The number of carbonyl (C=O) groups is 2. The molecule has 110 valence electrons. The summed E-state index contributed by atoms with van der Waals surface area (Å²) in [7, 11) is 1.50. The summed E-state index contributed by atoms with van der Waals surface area (Å²) in [5.74, 6) is -0.887. The molecule has 1 fully saturated rings. The highest BCUT2D eigenvalue weighted by Gasteiger charge is 2.43. The number of amides is 1. The number of hydrogen-bond donors (Lipinski definition) is 1. The van der Waals surface area contributed by atoms with Gasteiger partial charge in [0.1, 0.15) is 5.41 Å². The van der Waals surface area contributed by atoms with Gasteiger partial charge >= 0.3 is 5.97 Å². The topological polar surface area (TPSA) is 66.8 Å². The molecule has 1 atom stereocenters. The molecule has 1 aliphatic heterocycles. The summed E-state index contributed by atoms with van der Waals surface area (Å²) >= 11 is 1.54. The largest absolute Gasteiger partial charge is 0.481 e. The van der Waals surface area contributed by atoms with Crippen molar-refractivity contribution in [2.45, 2.75) is 19.3 Å². The number of thiophene rings is 1. The van der Waals surface area contributed by atoms with Gasteiger partial charge in [0, 0.05) is 25.1 Å². The molecule has 2 rings (SSSR count). The van der Waals surface area contributed by atoms with E-state index < -0.39 is 11.4 Å². The van der Waals surface area contributed by atoms with Gasteiger partial charge in [0.05, 0.1) is 13.0 Å². The molecule has 6 heteroatoms. The number of hydrogen-bond acceptors (Lipinski definition) is 4. The molecule has 2 heterocycles. The number of carboxylic acids is 1. The average molecular weight is 297 g/mol. The molecular formula is C14H19NO4S. The van der Waals surface area contributed by atoms with Gasteiger partial charge in [-0.2, -0.15) is 0 Å². The number of likely N-dealkylation sites (tertiary alicyclic amines) is 1. The fraction of sp³-hybridized carbons (Fsp3) is 0.571. The van der Waals surface area contributed by atoms with E-state index in [1.165, 1.54) is 7.11 Å². The van der Waals surface area contributed by atoms with Gasteiger partial charge in [-0.15, -0.1) is 11.3 Å². The van der Waals surface area contributed by atoms with Crippen molar-refractivity contribution >= 4 is 23.2 Å². The van der Waals surface area contributed by atoms with Crippen molar-refractivity contribution in [3.05, 3.63) is 22.4 Å². The summed E-state index contributed by atoms with van der Waals surface area (Å²) in [5, 5.41) is 11.4. The Hall–Kier alpha value is -1.40. The number of carbonyl (C=O) groups excluding carboxylic acids is 1. The van der Waals surface area contributed by atoms with Crippen molar-refractivity contribution in [1.82, 2.24) is 4.90 Å². The summed E-state index contributed by atoms with van der Waals surface area (Å²) in [5.41, 5.74) is -0.960. The zero-order valence-corrected chi connectivity index (χ0v) is 12.3. The molecule has 0 aliphatic carbocycles. The lowest BCUT2D eigenvalue weighted by Crippen LogP contribution is -2.52. The third-order valence-corrected chi connectivity index (χ3v) is 4.59. The fourth-order valence-electron chi connectivity index (χ4n) is 2.65. The van der Waals surface area contributed by atoms with Crippen molar-refractivity contribution < 1.29 is 19.4 Å².